The number of hydrogen-bond acceptors (Lipinski definition) is 5. The third-order valence-electron chi connectivity index (χ3n) is 1.71. The molecule has 0 aliphatic carbocycles. The van der Waals surface area contributed by atoms with Crippen molar-refractivity contribution < 1.29 is 19.5 Å². The van der Waals surface area contributed by atoms with Crippen LogP contribution < -0.4 is 0 Å². The van der Waals surface area contributed by atoms with Gasteiger partial charge in [-0.2, -0.15) is 0 Å². The molecule has 0 aliphatic heterocycles. The van der Waals surface area contributed by atoms with Crippen LogP contribution in [0.2, 0.25) is 0 Å². The van der Waals surface area contributed by atoms with Crippen molar-refractivity contribution in [2.24, 2.45) is 0 Å². The number of carbonyl (C=O) groups excluding carboxylic acids is 1. The lowest BCUT2D eigenvalue weighted by Crippen LogP contribution is -2.22. The maximum Gasteiger partial charge on any atom is 0.294 e. The standard InChI is InChI=1S/C8H15NO5/c1-2-3-4-5-8(6-13-7-10)14-9(11)12/h7-8H,2-6H2,1H3. The zero-order valence-electron chi connectivity index (χ0n) is 8.18. The highest BCUT2D eigenvalue weighted by atomic mass is 17.0. The summed E-state index contributed by atoms with van der Waals surface area (Å²) in [4.78, 5) is 24.3. The summed E-state index contributed by atoms with van der Waals surface area (Å²) in [6.07, 6.45) is 2.74. The van der Waals surface area contributed by atoms with Gasteiger partial charge in [0, 0.05) is 0 Å². The highest BCUT2D eigenvalue weighted by Gasteiger charge is 2.13. The number of nitrogens with zero attached hydrogens (tertiary/aromatic N) is 1. The topological polar surface area (TPSA) is 78.7 Å². The molecule has 0 heterocycles. The Hall–Kier alpha value is -1.33. The summed E-state index contributed by atoms with van der Waals surface area (Å²) in [5, 5.41) is 9.19. The van der Waals surface area contributed by atoms with Crippen LogP contribution in [0, 0.1) is 10.1 Å². The lowest BCUT2D eigenvalue weighted by molar-refractivity contribution is -0.769. The van der Waals surface area contributed by atoms with Gasteiger partial charge in [-0.3, -0.25) is 4.79 Å². The van der Waals surface area contributed by atoms with Gasteiger partial charge in [-0.15, -0.1) is 10.1 Å². The minimum absolute atomic E-state index is 0.0613. The molecule has 0 N–H and O–H groups in total. The first-order valence-corrected chi connectivity index (χ1v) is 4.57. The smallest absolute Gasteiger partial charge is 0.294 e. The molecular formula is C8H15NO5. The summed E-state index contributed by atoms with van der Waals surface area (Å²) in [6, 6.07) is 0. The van der Waals surface area contributed by atoms with Crippen LogP contribution in [0.1, 0.15) is 32.6 Å². The molecule has 0 saturated carbocycles. The molecule has 0 aromatic rings. The summed E-state index contributed by atoms with van der Waals surface area (Å²) in [5.41, 5.74) is 0. The molecular weight excluding hydrogens is 190 g/mol. The van der Waals surface area contributed by atoms with Gasteiger partial charge in [0.15, 0.2) is 0 Å². The minimum Gasteiger partial charge on any atom is -0.466 e. The molecule has 0 saturated heterocycles. The zero-order valence-corrected chi connectivity index (χ0v) is 8.18. The second kappa shape index (κ2) is 8.28. The predicted octanol–water partition coefficient (Wildman–Crippen LogP) is 1.32. The summed E-state index contributed by atoms with van der Waals surface area (Å²) < 4.78 is 4.42. The lowest BCUT2D eigenvalue weighted by Gasteiger charge is -2.12. The first kappa shape index (κ1) is 12.7. The summed E-state index contributed by atoms with van der Waals surface area (Å²) in [7, 11) is 0. The fourth-order valence-electron chi connectivity index (χ4n) is 1.06. The van der Waals surface area contributed by atoms with Crippen molar-refractivity contribution in [3.05, 3.63) is 10.1 Å². The minimum atomic E-state index is -0.856. The molecule has 1 atom stereocenters. The van der Waals surface area contributed by atoms with Gasteiger partial charge in [-0.1, -0.05) is 26.2 Å². The SMILES string of the molecule is CCCCCC(COC=O)O[N+](=O)[O-]. The summed E-state index contributed by atoms with van der Waals surface area (Å²) in [5.74, 6) is 0. The summed E-state index contributed by atoms with van der Waals surface area (Å²) >= 11 is 0. The normalized spacial score (nSPS) is 11.8. The highest BCUT2D eigenvalue weighted by molar-refractivity contribution is 5.36. The van der Waals surface area contributed by atoms with Gasteiger partial charge in [-0.25, -0.2) is 0 Å². The molecule has 0 bridgehead atoms. The fourth-order valence-corrected chi connectivity index (χ4v) is 1.06. The maximum absolute atomic E-state index is 10.0. The van der Waals surface area contributed by atoms with E-state index in [4.69, 9.17) is 0 Å². The number of ether oxygens (including phenoxy) is 1. The van der Waals surface area contributed by atoms with E-state index >= 15 is 0 Å². The molecule has 0 spiro atoms. The number of rotatable bonds is 9. The Morgan fingerprint density at radius 2 is 2.21 bits per heavy atom. The van der Waals surface area contributed by atoms with Crippen LogP contribution in [0.5, 0.6) is 0 Å². The van der Waals surface area contributed by atoms with Crippen molar-refractivity contribution in [1.29, 1.82) is 0 Å². The Morgan fingerprint density at radius 3 is 2.71 bits per heavy atom. The van der Waals surface area contributed by atoms with Crippen molar-refractivity contribution in [3.8, 4) is 0 Å². The van der Waals surface area contributed by atoms with E-state index in [1.165, 1.54) is 0 Å². The van der Waals surface area contributed by atoms with Gasteiger partial charge in [0.25, 0.3) is 11.6 Å². The number of carbonyl (C=O) groups is 1. The van der Waals surface area contributed by atoms with E-state index in [0.717, 1.165) is 19.3 Å². The van der Waals surface area contributed by atoms with Crippen molar-refractivity contribution >= 4 is 6.47 Å². The molecule has 14 heavy (non-hydrogen) atoms. The average molecular weight is 205 g/mol. The van der Waals surface area contributed by atoms with Gasteiger partial charge in [-0.05, 0) is 6.42 Å². The van der Waals surface area contributed by atoms with Crippen molar-refractivity contribution in [3.63, 3.8) is 0 Å². The van der Waals surface area contributed by atoms with Gasteiger partial charge >= 0.3 is 0 Å². The summed E-state index contributed by atoms with van der Waals surface area (Å²) in [6.45, 7) is 2.23. The first-order chi connectivity index (χ1) is 6.70. The molecule has 6 nitrogen and oxygen atoms in total. The number of hydrogen-bond donors (Lipinski definition) is 0. The second-order valence-corrected chi connectivity index (χ2v) is 2.88. The largest absolute Gasteiger partial charge is 0.466 e. The van der Waals surface area contributed by atoms with Crippen molar-refractivity contribution in [1.82, 2.24) is 0 Å². The molecule has 0 fully saturated rings. The Balaban J connectivity index is 3.71. The third kappa shape index (κ3) is 7.33. The van der Waals surface area contributed by atoms with Crippen LogP contribution in [0.15, 0.2) is 0 Å². The van der Waals surface area contributed by atoms with Crippen LogP contribution in [0.3, 0.4) is 0 Å². The first-order valence-electron chi connectivity index (χ1n) is 4.57. The lowest BCUT2D eigenvalue weighted by atomic mass is 10.1. The fraction of sp³-hybridized carbons (Fsp3) is 0.875. The van der Waals surface area contributed by atoms with Crippen LogP contribution in [0.4, 0.5) is 0 Å². The quantitative estimate of drug-likeness (QED) is 0.245. The number of unbranched alkanes of at least 4 members (excludes halogenated alkanes) is 2. The predicted molar refractivity (Wildman–Crippen MR) is 48.0 cm³/mol. The highest BCUT2D eigenvalue weighted by Crippen LogP contribution is 2.07. The zero-order chi connectivity index (χ0) is 10.8. The van der Waals surface area contributed by atoms with E-state index in [1.54, 1.807) is 0 Å². The Labute approximate surface area is 82.3 Å². The second-order valence-electron chi connectivity index (χ2n) is 2.88. The van der Waals surface area contributed by atoms with Crippen LogP contribution >= 0.6 is 0 Å². The van der Waals surface area contributed by atoms with E-state index in [9.17, 15) is 14.9 Å². The molecule has 0 amide bonds. The van der Waals surface area contributed by atoms with Gasteiger partial charge in [0.1, 0.15) is 12.7 Å². The van der Waals surface area contributed by atoms with Gasteiger partial charge in [0.2, 0.25) is 0 Å². The van der Waals surface area contributed by atoms with Crippen molar-refractivity contribution in [2.75, 3.05) is 6.61 Å². The van der Waals surface area contributed by atoms with Crippen LogP contribution in [0.25, 0.3) is 0 Å². The van der Waals surface area contributed by atoms with E-state index in [0.29, 0.717) is 6.42 Å². The van der Waals surface area contributed by atoms with Gasteiger partial charge in [0.05, 0.1) is 0 Å². The molecule has 0 aromatic heterocycles. The van der Waals surface area contributed by atoms with Crippen LogP contribution in [-0.4, -0.2) is 24.3 Å². The average Bonchev–Trinajstić information content (AvgIpc) is 2.13. The molecule has 0 aliphatic rings. The Bertz CT molecular complexity index is 173. The van der Waals surface area contributed by atoms with E-state index in [2.05, 4.69) is 9.57 Å². The van der Waals surface area contributed by atoms with E-state index in [-0.39, 0.29) is 13.1 Å². The molecule has 0 rings (SSSR count). The molecule has 82 valence electrons. The Morgan fingerprint density at radius 1 is 1.50 bits per heavy atom. The van der Waals surface area contributed by atoms with E-state index in [1.807, 2.05) is 6.92 Å². The molecule has 0 aromatic carbocycles. The van der Waals surface area contributed by atoms with E-state index < -0.39 is 11.2 Å². The van der Waals surface area contributed by atoms with Crippen LogP contribution in [-0.2, 0) is 14.4 Å². The maximum atomic E-state index is 10.0. The Kier molecular flexibility index (Phi) is 7.49. The molecule has 1 unspecified atom stereocenters. The van der Waals surface area contributed by atoms with Crippen molar-refractivity contribution in [2.45, 2.75) is 38.7 Å². The molecule has 6 heteroatoms. The third-order valence-corrected chi connectivity index (χ3v) is 1.71. The molecule has 0 radical (unpaired) electrons. The monoisotopic (exact) mass is 205 g/mol. The van der Waals surface area contributed by atoms with Gasteiger partial charge < -0.3 is 9.57 Å².